The van der Waals surface area contributed by atoms with E-state index in [-0.39, 0.29) is 11.8 Å². The zero-order valence-electron chi connectivity index (χ0n) is 12.3. The molecule has 1 saturated heterocycles. The normalized spacial score (nSPS) is 18.1. The number of piperazine rings is 1. The van der Waals surface area contributed by atoms with E-state index >= 15 is 0 Å². The third-order valence-corrected chi connectivity index (χ3v) is 3.58. The lowest BCUT2D eigenvalue weighted by atomic mass is 10.0. The maximum atomic E-state index is 12.7. The fourth-order valence-corrected chi connectivity index (χ4v) is 2.44. The summed E-state index contributed by atoms with van der Waals surface area (Å²) < 4.78 is 0. The van der Waals surface area contributed by atoms with Gasteiger partial charge in [0.1, 0.15) is 0 Å². The summed E-state index contributed by atoms with van der Waals surface area (Å²) in [6.07, 6.45) is 3.36. The summed E-state index contributed by atoms with van der Waals surface area (Å²) in [5.41, 5.74) is 0.745. The molecule has 0 aromatic carbocycles. The standard InChI is InChI=1S/C15H24N4O/c1-12(2)18-11-14(19-9-7-17-8-10-19)15(20)13-3-5-16-6-4-13/h3-6,12,14,17-18H,7-11H2,1-2H3. The van der Waals surface area contributed by atoms with E-state index < -0.39 is 0 Å². The minimum Gasteiger partial charge on any atom is -0.314 e. The van der Waals surface area contributed by atoms with E-state index in [9.17, 15) is 4.79 Å². The molecular weight excluding hydrogens is 252 g/mol. The fourth-order valence-electron chi connectivity index (χ4n) is 2.44. The average molecular weight is 276 g/mol. The molecule has 1 unspecified atom stereocenters. The number of nitrogens with zero attached hydrogens (tertiary/aromatic N) is 2. The van der Waals surface area contributed by atoms with Crippen LogP contribution in [0.1, 0.15) is 24.2 Å². The van der Waals surface area contributed by atoms with Crippen LogP contribution in [-0.4, -0.2) is 60.5 Å². The van der Waals surface area contributed by atoms with Gasteiger partial charge in [-0.05, 0) is 12.1 Å². The number of hydrogen-bond donors (Lipinski definition) is 2. The molecule has 2 N–H and O–H groups in total. The van der Waals surface area contributed by atoms with Gasteiger partial charge in [-0.25, -0.2) is 0 Å². The number of ketones is 1. The Morgan fingerprint density at radius 1 is 1.35 bits per heavy atom. The molecule has 0 bridgehead atoms. The molecule has 5 nitrogen and oxygen atoms in total. The molecule has 0 saturated carbocycles. The molecule has 0 radical (unpaired) electrons. The summed E-state index contributed by atoms with van der Waals surface area (Å²) >= 11 is 0. The summed E-state index contributed by atoms with van der Waals surface area (Å²) in [6.45, 7) is 8.63. The SMILES string of the molecule is CC(C)NCC(C(=O)c1ccncc1)N1CCNCC1. The van der Waals surface area contributed by atoms with E-state index in [2.05, 4.69) is 34.4 Å². The maximum Gasteiger partial charge on any atom is 0.181 e. The first kappa shape index (κ1) is 15.1. The first-order valence-electron chi connectivity index (χ1n) is 7.31. The lowest BCUT2D eigenvalue weighted by Gasteiger charge is -2.34. The number of carbonyl (C=O) groups is 1. The lowest BCUT2D eigenvalue weighted by Crippen LogP contribution is -2.55. The first-order valence-corrected chi connectivity index (χ1v) is 7.31. The van der Waals surface area contributed by atoms with Crippen LogP contribution in [0.25, 0.3) is 0 Å². The van der Waals surface area contributed by atoms with Gasteiger partial charge >= 0.3 is 0 Å². The Hall–Kier alpha value is -1.30. The fraction of sp³-hybridized carbons (Fsp3) is 0.600. The van der Waals surface area contributed by atoms with Gasteiger partial charge in [0.15, 0.2) is 5.78 Å². The van der Waals surface area contributed by atoms with Gasteiger partial charge in [-0.3, -0.25) is 14.7 Å². The highest BCUT2D eigenvalue weighted by Gasteiger charge is 2.27. The molecule has 5 heteroatoms. The minimum absolute atomic E-state index is 0.0955. The Bertz CT molecular complexity index is 415. The molecule has 0 amide bonds. The second-order valence-corrected chi connectivity index (χ2v) is 5.46. The van der Waals surface area contributed by atoms with Crippen molar-refractivity contribution in [3.05, 3.63) is 30.1 Å². The molecule has 0 spiro atoms. The van der Waals surface area contributed by atoms with E-state index in [4.69, 9.17) is 0 Å². The number of pyridine rings is 1. The van der Waals surface area contributed by atoms with Crippen molar-refractivity contribution in [3.8, 4) is 0 Å². The molecule has 0 aliphatic carbocycles. The highest BCUT2D eigenvalue weighted by Crippen LogP contribution is 2.09. The smallest absolute Gasteiger partial charge is 0.181 e. The van der Waals surface area contributed by atoms with Gasteiger partial charge in [0.05, 0.1) is 6.04 Å². The van der Waals surface area contributed by atoms with Crippen molar-refractivity contribution < 1.29 is 4.79 Å². The number of Topliss-reactive ketones (excluding diaryl/α,β-unsaturated/α-hetero) is 1. The van der Waals surface area contributed by atoms with Gasteiger partial charge in [-0.15, -0.1) is 0 Å². The van der Waals surface area contributed by atoms with Crippen molar-refractivity contribution in [3.63, 3.8) is 0 Å². The minimum atomic E-state index is -0.0955. The van der Waals surface area contributed by atoms with Crippen LogP contribution in [0, 0.1) is 0 Å². The molecule has 20 heavy (non-hydrogen) atoms. The summed E-state index contributed by atoms with van der Waals surface area (Å²) in [5, 5.41) is 6.72. The maximum absolute atomic E-state index is 12.7. The predicted octanol–water partition coefficient (Wildman–Crippen LogP) is 0.536. The molecule has 1 aliphatic rings. The monoisotopic (exact) mass is 276 g/mol. The van der Waals surface area contributed by atoms with Gasteiger partial charge in [0, 0.05) is 56.7 Å². The third-order valence-electron chi connectivity index (χ3n) is 3.58. The zero-order valence-corrected chi connectivity index (χ0v) is 12.3. The van der Waals surface area contributed by atoms with Crippen LogP contribution >= 0.6 is 0 Å². The quantitative estimate of drug-likeness (QED) is 0.743. The highest BCUT2D eigenvalue weighted by molar-refractivity contribution is 6.00. The second kappa shape index (κ2) is 7.47. The Kier molecular flexibility index (Phi) is 5.64. The van der Waals surface area contributed by atoms with E-state index in [1.165, 1.54) is 0 Å². The Balaban J connectivity index is 2.10. The van der Waals surface area contributed by atoms with Crippen LogP contribution in [-0.2, 0) is 0 Å². The van der Waals surface area contributed by atoms with Crippen LogP contribution in [0.4, 0.5) is 0 Å². The predicted molar refractivity (Wildman–Crippen MR) is 79.9 cm³/mol. The van der Waals surface area contributed by atoms with Crippen molar-refractivity contribution in [2.45, 2.75) is 25.9 Å². The highest BCUT2D eigenvalue weighted by atomic mass is 16.1. The lowest BCUT2D eigenvalue weighted by molar-refractivity contribution is 0.0792. The zero-order chi connectivity index (χ0) is 14.4. The van der Waals surface area contributed by atoms with Crippen LogP contribution in [0.3, 0.4) is 0 Å². The number of hydrogen-bond acceptors (Lipinski definition) is 5. The number of nitrogens with one attached hydrogen (secondary N) is 2. The van der Waals surface area contributed by atoms with Gasteiger partial charge in [-0.1, -0.05) is 13.8 Å². The van der Waals surface area contributed by atoms with Crippen molar-refractivity contribution in [1.82, 2.24) is 20.5 Å². The third kappa shape index (κ3) is 4.10. The van der Waals surface area contributed by atoms with Crippen LogP contribution < -0.4 is 10.6 Å². The number of rotatable bonds is 6. The summed E-state index contributed by atoms with van der Waals surface area (Å²) in [7, 11) is 0. The molecule has 110 valence electrons. The van der Waals surface area contributed by atoms with Crippen LogP contribution in [0.2, 0.25) is 0 Å². The number of carbonyl (C=O) groups excluding carboxylic acids is 1. The van der Waals surface area contributed by atoms with Gasteiger partial charge < -0.3 is 10.6 Å². The van der Waals surface area contributed by atoms with Crippen LogP contribution in [0.15, 0.2) is 24.5 Å². The summed E-state index contributed by atoms with van der Waals surface area (Å²) in [6, 6.07) is 3.88. The summed E-state index contributed by atoms with van der Waals surface area (Å²) in [5.74, 6) is 0.183. The average Bonchev–Trinajstić information content (AvgIpc) is 2.49. The van der Waals surface area contributed by atoms with E-state index in [1.807, 2.05) is 0 Å². The molecule has 1 fully saturated rings. The second-order valence-electron chi connectivity index (χ2n) is 5.46. The molecule has 1 aliphatic heterocycles. The van der Waals surface area contributed by atoms with Gasteiger partial charge in [0.2, 0.25) is 0 Å². The molecule has 1 aromatic rings. The first-order chi connectivity index (χ1) is 9.68. The van der Waals surface area contributed by atoms with E-state index in [1.54, 1.807) is 24.5 Å². The Morgan fingerprint density at radius 2 is 2.00 bits per heavy atom. The molecule has 2 rings (SSSR count). The van der Waals surface area contributed by atoms with Crippen molar-refractivity contribution in [1.29, 1.82) is 0 Å². The summed E-state index contributed by atoms with van der Waals surface area (Å²) in [4.78, 5) is 19.0. The van der Waals surface area contributed by atoms with Gasteiger partial charge in [0.25, 0.3) is 0 Å². The Morgan fingerprint density at radius 3 is 2.60 bits per heavy atom. The molecule has 1 atom stereocenters. The molecule has 2 heterocycles. The van der Waals surface area contributed by atoms with Crippen molar-refractivity contribution in [2.75, 3.05) is 32.7 Å². The van der Waals surface area contributed by atoms with Crippen molar-refractivity contribution >= 4 is 5.78 Å². The topological polar surface area (TPSA) is 57.3 Å². The number of aromatic nitrogens is 1. The molecular formula is C15H24N4O. The molecule has 1 aromatic heterocycles. The van der Waals surface area contributed by atoms with Gasteiger partial charge in [-0.2, -0.15) is 0 Å². The largest absolute Gasteiger partial charge is 0.314 e. The van der Waals surface area contributed by atoms with Crippen LogP contribution in [0.5, 0.6) is 0 Å². The van der Waals surface area contributed by atoms with E-state index in [0.717, 1.165) is 31.7 Å². The van der Waals surface area contributed by atoms with Crippen molar-refractivity contribution in [2.24, 2.45) is 0 Å². The van der Waals surface area contributed by atoms with E-state index in [0.29, 0.717) is 12.6 Å². The Labute approximate surface area is 120 Å².